The molecule has 0 spiro atoms. The Kier molecular flexibility index (Phi) is 11.4. The molecule has 3 N–H and O–H groups in total. The molecule has 2 rings (SSSR count). The zero-order chi connectivity index (χ0) is 19.5. The Hall–Kier alpha value is -1.35. The van der Waals surface area contributed by atoms with Crippen molar-refractivity contribution in [3.05, 3.63) is 29.8 Å². The van der Waals surface area contributed by atoms with Crippen molar-refractivity contribution in [1.82, 2.24) is 10.6 Å². The van der Waals surface area contributed by atoms with Gasteiger partial charge in [-0.3, -0.25) is 9.79 Å². The molecule has 0 radical (unpaired) electrons. The Balaban J connectivity index is 0.00000392. The molecule has 6 nitrogen and oxygen atoms in total. The number of halogens is 1. The highest BCUT2D eigenvalue weighted by atomic mass is 127. The first-order valence-corrected chi connectivity index (χ1v) is 9.96. The van der Waals surface area contributed by atoms with E-state index in [1.54, 1.807) is 7.05 Å². The number of carbonyl (C=O) groups excluding carboxylic acids is 1. The average molecular weight is 502 g/mol. The van der Waals surface area contributed by atoms with Gasteiger partial charge in [0.05, 0.1) is 0 Å². The second kappa shape index (κ2) is 13.0. The summed E-state index contributed by atoms with van der Waals surface area (Å²) in [7, 11) is 1.80. The fourth-order valence-corrected chi connectivity index (χ4v) is 3.71. The van der Waals surface area contributed by atoms with Gasteiger partial charge in [-0.25, -0.2) is 0 Å². The minimum atomic E-state index is -0.0634. The minimum absolute atomic E-state index is 0. The number of nitrogens with one attached hydrogen (secondary N) is 3. The monoisotopic (exact) mass is 502 g/mol. The molecular weight excluding hydrogens is 467 g/mol. The summed E-state index contributed by atoms with van der Waals surface area (Å²) in [6.45, 7) is 6.75. The highest BCUT2D eigenvalue weighted by molar-refractivity contribution is 14.0. The van der Waals surface area contributed by atoms with Gasteiger partial charge in [-0.1, -0.05) is 25.0 Å². The Bertz CT molecular complexity index is 631. The van der Waals surface area contributed by atoms with E-state index >= 15 is 0 Å². The third-order valence-electron chi connectivity index (χ3n) is 5.21. The number of ether oxygens (including phenoxy) is 1. The summed E-state index contributed by atoms with van der Waals surface area (Å²) in [5, 5.41) is 9.69. The first-order valence-electron chi connectivity index (χ1n) is 9.96. The molecule has 0 unspecified atom stereocenters. The second-order valence-corrected chi connectivity index (χ2v) is 7.31. The van der Waals surface area contributed by atoms with Crippen molar-refractivity contribution in [3.63, 3.8) is 0 Å². The fraction of sp³-hybridized carbons (Fsp3) is 0.619. The van der Waals surface area contributed by atoms with Crippen LogP contribution in [0.3, 0.4) is 0 Å². The lowest BCUT2D eigenvalue weighted by atomic mass is 9.83. The number of benzene rings is 1. The molecule has 7 heteroatoms. The molecule has 1 aliphatic carbocycles. The van der Waals surface area contributed by atoms with Gasteiger partial charge in [-0.05, 0) is 49.3 Å². The Morgan fingerprint density at radius 3 is 2.64 bits per heavy atom. The minimum Gasteiger partial charge on any atom is -0.382 e. The van der Waals surface area contributed by atoms with Gasteiger partial charge in [0.2, 0.25) is 5.91 Å². The largest absolute Gasteiger partial charge is 0.382 e. The number of carbonyl (C=O) groups is 1. The molecule has 0 saturated heterocycles. The van der Waals surface area contributed by atoms with E-state index in [1.807, 2.05) is 31.2 Å². The molecule has 1 aromatic rings. The Morgan fingerprint density at radius 1 is 1.25 bits per heavy atom. The molecule has 1 aromatic carbocycles. The molecule has 1 saturated carbocycles. The molecule has 0 heterocycles. The van der Waals surface area contributed by atoms with Gasteiger partial charge in [0.1, 0.15) is 0 Å². The molecule has 1 fully saturated rings. The predicted molar refractivity (Wildman–Crippen MR) is 126 cm³/mol. The number of nitrogens with zero attached hydrogens (tertiary/aromatic N) is 1. The van der Waals surface area contributed by atoms with E-state index in [-0.39, 0.29) is 29.9 Å². The number of guanidine groups is 1. The molecule has 158 valence electrons. The molecule has 0 aliphatic heterocycles. The van der Waals surface area contributed by atoms with E-state index in [2.05, 4.69) is 20.9 Å². The van der Waals surface area contributed by atoms with Gasteiger partial charge >= 0.3 is 0 Å². The normalized spacial score (nSPS) is 15.6. The standard InChI is InChI=1S/C21H34N4O2.HI/c1-4-27-13-12-21(10-5-6-11-21)16-24-20(22-3)23-15-18-8-7-9-19(14-18)25-17(2)26;/h7-9,14H,4-6,10-13,15-16H2,1-3H3,(H,25,26)(H2,22,23,24);1H. The van der Waals surface area contributed by atoms with Gasteiger partial charge in [0.15, 0.2) is 5.96 Å². The zero-order valence-electron chi connectivity index (χ0n) is 17.3. The summed E-state index contributed by atoms with van der Waals surface area (Å²) in [5.74, 6) is 0.745. The maximum absolute atomic E-state index is 11.2. The van der Waals surface area contributed by atoms with Gasteiger partial charge in [-0.15, -0.1) is 24.0 Å². The molecule has 0 bridgehead atoms. The van der Waals surface area contributed by atoms with E-state index in [4.69, 9.17) is 4.74 Å². The number of rotatable bonds is 9. The quantitative estimate of drug-likeness (QED) is 0.207. The van der Waals surface area contributed by atoms with Crippen molar-refractivity contribution in [2.24, 2.45) is 10.4 Å². The molecule has 0 atom stereocenters. The van der Waals surface area contributed by atoms with Crippen molar-refractivity contribution in [1.29, 1.82) is 0 Å². The van der Waals surface area contributed by atoms with Crippen LogP contribution in [0.15, 0.2) is 29.3 Å². The van der Waals surface area contributed by atoms with Crippen LogP contribution >= 0.6 is 24.0 Å². The predicted octanol–water partition coefficient (Wildman–Crippen LogP) is 3.92. The highest BCUT2D eigenvalue weighted by Crippen LogP contribution is 2.40. The van der Waals surface area contributed by atoms with E-state index in [0.717, 1.165) is 43.4 Å². The molecule has 0 aromatic heterocycles. The highest BCUT2D eigenvalue weighted by Gasteiger charge is 2.33. The maximum Gasteiger partial charge on any atom is 0.221 e. The number of hydrogen-bond donors (Lipinski definition) is 3. The topological polar surface area (TPSA) is 74.8 Å². The van der Waals surface area contributed by atoms with Crippen LogP contribution in [-0.4, -0.2) is 38.7 Å². The summed E-state index contributed by atoms with van der Waals surface area (Å²) in [5.41, 5.74) is 2.22. The van der Waals surface area contributed by atoms with E-state index in [1.165, 1.54) is 32.6 Å². The van der Waals surface area contributed by atoms with E-state index in [0.29, 0.717) is 12.0 Å². The SMILES string of the molecule is CCOCCC1(CNC(=NC)NCc2cccc(NC(C)=O)c2)CCCC1.I. The van der Waals surface area contributed by atoms with Gasteiger partial charge in [-0.2, -0.15) is 0 Å². The number of amides is 1. The van der Waals surface area contributed by atoms with Crippen LogP contribution in [0.25, 0.3) is 0 Å². The van der Waals surface area contributed by atoms with E-state index < -0.39 is 0 Å². The molecule has 1 aliphatic rings. The summed E-state index contributed by atoms with van der Waals surface area (Å²) >= 11 is 0. The number of hydrogen-bond acceptors (Lipinski definition) is 3. The lowest BCUT2D eigenvalue weighted by Gasteiger charge is -2.30. The zero-order valence-corrected chi connectivity index (χ0v) is 19.7. The van der Waals surface area contributed by atoms with Gasteiger partial charge in [0.25, 0.3) is 0 Å². The van der Waals surface area contributed by atoms with Crippen LogP contribution in [0.4, 0.5) is 5.69 Å². The van der Waals surface area contributed by atoms with Crippen LogP contribution in [0.2, 0.25) is 0 Å². The van der Waals surface area contributed by atoms with Gasteiger partial charge in [0, 0.05) is 46.0 Å². The third kappa shape index (κ3) is 8.34. The van der Waals surface area contributed by atoms with Crippen molar-refractivity contribution in [2.75, 3.05) is 32.1 Å². The smallest absolute Gasteiger partial charge is 0.221 e. The summed E-state index contributed by atoms with van der Waals surface area (Å²) in [4.78, 5) is 15.6. The van der Waals surface area contributed by atoms with Crippen LogP contribution in [0, 0.1) is 5.41 Å². The van der Waals surface area contributed by atoms with Crippen molar-refractivity contribution >= 4 is 41.5 Å². The first-order chi connectivity index (χ1) is 13.1. The molecule has 1 amide bonds. The Labute approximate surface area is 186 Å². The van der Waals surface area contributed by atoms with Crippen LogP contribution in [-0.2, 0) is 16.1 Å². The van der Waals surface area contributed by atoms with E-state index in [9.17, 15) is 4.79 Å². The fourth-order valence-electron chi connectivity index (χ4n) is 3.71. The lowest BCUT2D eigenvalue weighted by Crippen LogP contribution is -2.43. The Morgan fingerprint density at radius 2 is 2.00 bits per heavy atom. The second-order valence-electron chi connectivity index (χ2n) is 7.31. The molecular formula is C21H35IN4O2. The number of aliphatic imine (C=N–C) groups is 1. The van der Waals surface area contributed by atoms with Crippen molar-refractivity contribution < 1.29 is 9.53 Å². The maximum atomic E-state index is 11.2. The molecule has 28 heavy (non-hydrogen) atoms. The van der Waals surface area contributed by atoms with Crippen molar-refractivity contribution in [3.8, 4) is 0 Å². The number of anilines is 1. The van der Waals surface area contributed by atoms with Crippen LogP contribution in [0.1, 0.15) is 51.5 Å². The van der Waals surface area contributed by atoms with Crippen LogP contribution in [0.5, 0.6) is 0 Å². The van der Waals surface area contributed by atoms with Crippen LogP contribution < -0.4 is 16.0 Å². The average Bonchev–Trinajstić information content (AvgIpc) is 3.11. The summed E-state index contributed by atoms with van der Waals surface area (Å²) < 4.78 is 5.59. The summed E-state index contributed by atoms with van der Waals surface area (Å²) in [6, 6.07) is 7.84. The lowest BCUT2D eigenvalue weighted by molar-refractivity contribution is -0.114. The summed E-state index contributed by atoms with van der Waals surface area (Å²) in [6.07, 6.45) is 6.21. The van der Waals surface area contributed by atoms with Crippen molar-refractivity contribution in [2.45, 2.75) is 52.5 Å². The first kappa shape index (κ1) is 24.7. The third-order valence-corrected chi connectivity index (χ3v) is 5.21. The van der Waals surface area contributed by atoms with Gasteiger partial charge < -0.3 is 20.7 Å².